The van der Waals surface area contributed by atoms with Crippen LogP contribution in [0.2, 0.25) is 0 Å². The quantitative estimate of drug-likeness (QED) is 0.442. The van der Waals surface area contributed by atoms with Gasteiger partial charge in [0, 0.05) is 25.2 Å². The number of nitrogens with one attached hydrogen (secondary N) is 1. The van der Waals surface area contributed by atoms with Crippen LogP contribution in [-0.2, 0) is 11.3 Å². The van der Waals surface area contributed by atoms with Crippen LogP contribution in [0.25, 0.3) is 0 Å². The lowest BCUT2D eigenvalue weighted by Crippen LogP contribution is -2.35. The number of amidine groups is 2. The van der Waals surface area contributed by atoms with Crippen LogP contribution in [0.5, 0.6) is 5.75 Å². The lowest BCUT2D eigenvalue weighted by molar-refractivity contribution is 0.0339. The Kier molecular flexibility index (Phi) is 4.40. The second-order valence-corrected chi connectivity index (χ2v) is 5.27. The molecule has 9 nitrogen and oxygen atoms in total. The van der Waals surface area contributed by atoms with Crippen LogP contribution in [-0.4, -0.2) is 53.7 Å². The maximum Gasteiger partial charge on any atom is 0.177 e. The topological polar surface area (TPSA) is 134 Å². The third-order valence-corrected chi connectivity index (χ3v) is 3.62. The van der Waals surface area contributed by atoms with E-state index in [0.29, 0.717) is 31.2 Å². The first-order valence-corrected chi connectivity index (χ1v) is 7.26. The van der Waals surface area contributed by atoms with E-state index in [4.69, 9.17) is 16.2 Å². The predicted molar refractivity (Wildman–Crippen MR) is 88.5 cm³/mol. The van der Waals surface area contributed by atoms with E-state index in [9.17, 15) is 5.11 Å². The second-order valence-electron chi connectivity index (χ2n) is 5.27. The van der Waals surface area contributed by atoms with Gasteiger partial charge in [-0.3, -0.25) is 10.3 Å². The largest absolute Gasteiger partial charge is 0.508 e. The molecule has 0 atom stereocenters. The summed E-state index contributed by atoms with van der Waals surface area (Å²) in [4.78, 5) is 2.22. The Balaban J connectivity index is 1.71. The van der Waals surface area contributed by atoms with E-state index >= 15 is 0 Å². The Morgan fingerprint density at radius 3 is 2.61 bits per heavy atom. The summed E-state index contributed by atoms with van der Waals surface area (Å²) in [7, 11) is 0. The smallest absolute Gasteiger partial charge is 0.177 e. The van der Waals surface area contributed by atoms with Crippen molar-refractivity contribution in [2.75, 3.05) is 31.7 Å². The van der Waals surface area contributed by atoms with Gasteiger partial charge in [-0.25, -0.2) is 0 Å². The lowest BCUT2D eigenvalue weighted by Gasteiger charge is -2.26. The maximum atomic E-state index is 10.0. The van der Waals surface area contributed by atoms with E-state index in [0.717, 1.165) is 18.7 Å². The molecule has 0 amide bonds. The van der Waals surface area contributed by atoms with Gasteiger partial charge in [-0.1, -0.05) is 0 Å². The fourth-order valence-electron chi connectivity index (χ4n) is 2.35. The zero-order valence-electron chi connectivity index (χ0n) is 12.6. The molecule has 9 heteroatoms. The van der Waals surface area contributed by atoms with Crippen molar-refractivity contribution >= 4 is 23.1 Å². The summed E-state index contributed by atoms with van der Waals surface area (Å²) in [6.07, 6.45) is 0. The number of phenolic OH excluding ortho intramolecular Hbond substituents is 1. The summed E-state index contributed by atoms with van der Waals surface area (Å²) in [6, 6.07) is 5.18. The molecule has 3 rings (SSSR count). The van der Waals surface area contributed by atoms with Crippen molar-refractivity contribution in [1.82, 2.24) is 4.90 Å². The molecule has 1 aromatic rings. The first-order chi connectivity index (χ1) is 11.1. The van der Waals surface area contributed by atoms with Crippen LogP contribution in [0.1, 0.15) is 5.56 Å². The number of hydrogen-bond acceptors (Lipinski definition) is 9. The molecule has 0 radical (unpaired) electrons. The van der Waals surface area contributed by atoms with Gasteiger partial charge < -0.3 is 21.3 Å². The van der Waals surface area contributed by atoms with Crippen molar-refractivity contribution in [3.05, 3.63) is 23.8 Å². The minimum Gasteiger partial charge on any atom is -0.508 e. The molecule has 23 heavy (non-hydrogen) atoms. The van der Waals surface area contributed by atoms with Gasteiger partial charge in [0.15, 0.2) is 17.4 Å². The number of benzene rings is 1. The number of aromatic hydroxyl groups is 1. The molecule has 1 fully saturated rings. The van der Waals surface area contributed by atoms with Crippen LogP contribution < -0.4 is 16.9 Å². The van der Waals surface area contributed by atoms with E-state index in [-0.39, 0.29) is 17.4 Å². The van der Waals surface area contributed by atoms with Crippen LogP contribution in [0.15, 0.2) is 33.5 Å². The molecule has 0 unspecified atom stereocenters. The van der Waals surface area contributed by atoms with E-state index in [2.05, 4.69) is 25.6 Å². The average Bonchev–Trinajstić information content (AvgIpc) is 2.88. The molecule has 1 saturated heterocycles. The Morgan fingerprint density at radius 1 is 1.22 bits per heavy atom. The van der Waals surface area contributed by atoms with Crippen LogP contribution in [0.4, 0.5) is 5.69 Å². The van der Waals surface area contributed by atoms with Crippen molar-refractivity contribution in [1.29, 1.82) is 0 Å². The SMILES string of the molecule is NC1=NN=C(N)C1=NNc1ccc(O)c(CN2CCOCC2)c1. The summed E-state index contributed by atoms with van der Waals surface area (Å²) >= 11 is 0. The zero-order chi connectivity index (χ0) is 16.2. The average molecular weight is 317 g/mol. The number of hydrazone groups is 1. The van der Waals surface area contributed by atoms with Crippen LogP contribution >= 0.6 is 0 Å². The van der Waals surface area contributed by atoms with E-state index in [1.807, 2.05) is 6.07 Å². The highest BCUT2D eigenvalue weighted by Crippen LogP contribution is 2.23. The molecule has 0 saturated carbocycles. The van der Waals surface area contributed by atoms with Crippen molar-refractivity contribution in [3.63, 3.8) is 0 Å². The van der Waals surface area contributed by atoms with Gasteiger partial charge in [0.05, 0.1) is 18.9 Å². The highest BCUT2D eigenvalue weighted by molar-refractivity contribution is 6.68. The maximum absolute atomic E-state index is 10.0. The van der Waals surface area contributed by atoms with Crippen molar-refractivity contribution in [2.24, 2.45) is 26.8 Å². The van der Waals surface area contributed by atoms with Gasteiger partial charge in [0.25, 0.3) is 0 Å². The Hall–Kier alpha value is -2.65. The summed E-state index contributed by atoms with van der Waals surface area (Å²) in [6.45, 7) is 3.76. The zero-order valence-corrected chi connectivity index (χ0v) is 12.6. The summed E-state index contributed by atoms with van der Waals surface area (Å²) in [5.74, 6) is 0.586. The van der Waals surface area contributed by atoms with E-state index in [1.165, 1.54) is 0 Å². The van der Waals surface area contributed by atoms with Gasteiger partial charge in [-0.2, -0.15) is 5.10 Å². The molecular formula is C14H19N7O2. The van der Waals surface area contributed by atoms with Gasteiger partial charge in [0.2, 0.25) is 0 Å². The molecular weight excluding hydrogens is 298 g/mol. The summed E-state index contributed by atoms with van der Waals surface area (Å²) in [5, 5.41) is 21.4. The Bertz CT molecular complexity index is 658. The fourth-order valence-corrected chi connectivity index (χ4v) is 2.35. The minimum absolute atomic E-state index is 0.169. The number of morpholine rings is 1. The Morgan fingerprint density at radius 2 is 1.91 bits per heavy atom. The molecule has 122 valence electrons. The first-order valence-electron chi connectivity index (χ1n) is 7.26. The monoisotopic (exact) mass is 317 g/mol. The van der Waals surface area contributed by atoms with E-state index < -0.39 is 0 Å². The molecule has 0 bridgehead atoms. The molecule has 2 aliphatic heterocycles. The minimum atomic E-state index is 0.169. The molecule has 2 aliphatic rings. The van der Waals surface area contributed by atoms with Gasteiger partial charge in [0.1, 0.15) is 5.75 Å². The van der Waals surface area contributed by atoms with Gasteiger partial charge >= 0.3 is 0 Å². The van der Waals surface area contributed by atoms with Crippen molar-refractivity contribution < 1.29 is 9.84 Å². The second kappa shape index (κ2) is 6.63. The summed E-state index contributed by atoms with van der Waals surface area (Å²) < 4.78 is 5.33. The normalized spacial score (nSPS) is 18.5. The molecule has 1 aromatic carbocycles. The van der Waals surface area contributed by atoms with Crippen molar-refractivity contribution in [3.8, 4) is 5.75 Å². The number of anilines is 1. The molecule has 0 aromatic heterocycles. The standard InChI is InChI=1S/C14H19N7O2/c15-13-12(14(16)20-19-13)18-17-10-1-2-11(22)9(7-10)8-21-3-5-23-6-4-21/h1-2,7,17,22H,3-6,8H2,(H4,15,16,18,19,20). The van der Waals surface area contributed by atoms with Crippen molar-refractivity contribution in [2.45, 2.75) is 6.54 Å². The van der Waals surface area contributed by atoms with Gasteiger partial charge in [-0.15, -0.1) is 10.2 Å². The molecule has 6 N–H and O–H groups in total. The lowest BCUT2D eigenvalue weighted by atomic mass is 10.1. The highest BCUT2D eigenvalue weighted by Gasteiger charge is 2.17. The van der Waals surface area contributed by atoms with Crippen LogP contribution in [0.3, 0.4) is 0 Å². The number of phenols is 1. The Labute approximate surface area is 133 Å². The fraction of sp³-hybridized carbons (Fsp3) is 0.357. The number of hydrogen-bond donors (Lipinski definition) is 4. The number of nitrogens with two attached hydrogens (primary N) is 2. The first kappa shape index (κ1) is 15.3. The number of nitrogens with zero attached hydrogens (tertiary/aromatic N) is 4. The van der Waals surface area contributed by atoms with Gasteiger partial charge in [-0.05, 0) is 18.2 Å². The molecule has 0 spiro atoms. The third-order valence-electron chi connectivity index (χ3n) is 3.62. The molecule has 2 heterocycles. The highest BCUT2D eigenvalue weighted by atomic mass is 16.5. The van der Waals surface area contributed by atoms with Crippen LogP contribution in [0, 0.1) is 0 Å². The third kappa shape index (κ3) is 3.58. The number of ether oxygens (including phenoxy) is 1. The number of rotatable bonds is 4. The predicted octanol–water partition coefficient (Wildman–Crippen LogP) is -0.365. The molecule has 0 aliphatic carbocycles. The summed E-state index contributed by atoms with van der Waals surface area (Å²) in [5.41, 5.74) is 16.0. The van der Waals surface area contributed by atoms with E-state index in [1.54, 1.807) is 12.1 Å².